The second-order valence-electron chi connectivity index (χ2n) is 3.11. The van der Waals surface area contributed by atoms with Crippen LogP contribution in [-0.2, 0) is 9.59 Å². The monoisotopic (exact) mass is 295 g/mol. The van der Waals surface area contributed by atoms with Crippen LogP contribution in [0.4, 0.5) is 0 Å². The van der Waals surface area contributed by atoms with Gasteiger partial charge in [-0.2, -0.15) is 0 Å². The molecule has 0 aromatic carbocycles. The molecular weight excluding hydrogens is 293 g/mol. The van der Waals surface area contributed by atoms with Crippen LogP contribution in [0.2, 0.25) is 0 Å². The Morgan fingerprint density at radius 1 is 1.06 bits per heavy atom. The Labute approximate surface area is 111 Å². The first-order chi connectivity index (χ1) is 7.40. The molecule has 0 N–H and O–H groups in total. The maximum Gasteiger partial charge on any atom is 0.268 e. The Hall–Kier alpha value is -0.340. The van der Waals surface area contributed by atoms with Crippen molar-refractivity contribution in [3.8, 4) is 11.8 Å². The Morgan fingerprint density at radius 2 is 1.50 bits per heavy atom. The molecule has 3 nitrogen and oxygen atoms in total. The quantitative estimate of drug-likeness (QED) is 0.323. The van der Waals surface area contributed by atoms with E-state index in [4.69, 9.17) is 34.8 Å². The second-order valence-corrected chi connectivity index (χ2v) is 7.22. The molecule has 2 aliphatic rings. The van der Waals surface area contributed by atoms with Crippen molar-refractivity contribution in [3.05, 3.63) is 11.1 Å². The number of alkyl halides is 3. The van der Waals surface area contributed by atoms with Crippen LogP contribution in [0.1, 0.15) is 12.8 Å². The smallest absolute Gasteiger partial charge is 0.268 e. The molecule has 1 heterocycles. The fraction of sp³-hybridized carbons (Fsp3) is 0.333. The van der Waals surface area contributed by atoms with Gasteiger partial charge in [-0.3, -0.25) is 9.59 Å². The highest BCUT2D eigenvalue weighted by Gasteiger charge is 2.42. The van der Waals surface area contributed by atoms with Gasteiger partial charge in [-0.05, 0) is 0 Å². The van der Waals surface area contributed by atoms with E-state index in [0.29, 0.717) is 23.1 Å². The fourth-order valence-electron chi connectivity index (χ4n) is 1.45. The van der Waals surface area contributed by atoms with E-state index in [9.17, 15) is 9.59 Å². The number of imide groups is 1. The third-order valence-corrected chi connectivity index (χ3v) is 3.44. The van der Waals surface area contributed by atoms with E-state index in [1.54, 1.807) is 0 Å². The first kappa shape index (κ1) is 12.1. The van der Waals surface area contributed by atoms with Crippen LogP contribution in [0.25, 0.3) is 0 Å². The van der Waals surface area contributed by atoms with E-state index in [2.05, 4.69) is 11.8 Å². The number of rotatable bonds is 1. The SMILES string of the molecule is O=C1C2=C(CC#CC2)C(=O)N1SC(Cl)(Cl)Cl. The summed E-state index contributed by atoms with van der Waals surface area (Å²) in [5.74, 6) is 4.70. The number of carbonyl (C=O) groups is 2. The molecule has 0 unspecified atom stereocenters. The van der Waals surface area contributed by atoms with Gasteiger partial charge in [0, 0.05) is 35.9 Å². The van der Waals surface area contributed by atoms with Crippen molar-refractivity contribution in [2.45, 2.75) is 16.0 Å². The van der Waals surface area contributed by atoms with E-state index >= 15 is 0 Å². The standard InChI is InChI=1S/C9H4Cl3NO2S/c10-9(11,12)16-13-7(14)5-3-1-2-4-6(5)8(13)15/h3-4H2. The molecular formula is C9H4Cl3NO2S. The zero-order chi connectivity index (χ0) is 11.9. The first-order valence-electron chi connectivity index (χ1n) is 4.22. The van der Waals surface area contributed by atoms with Crippen LogP contribution in [0.3, 0.4) is 0 Å². The Balaban J connectivity index is 2.23. The fourth-order valence-corrected chi connectivity index (χ4v) is 2.66. The molecule has 7 heteroatoms. The molecule has 0 saturated carbocycles. The van der Waals surface area contributed by atoms with Gasteiger partial charge in [-0.1, -0.05) is 46.6 Å². The minimum Gasteiger partial charge on any atom is -0.268 e. The van der Waals surface area contributed by atoms with Crippen molar-refractivity contribution in [2.24, 2.45) is 0 Å². The molecule has 0 saturated heterocycles. The third kappa shape index (κ3) is 2.18. The predicted octanol–water partition coefficient (Wildman–Crippen LogP) is 2.42. The number of nitrogens with zero attached hydrogens (tertiary/aromatic N) is 1. The molecule has 0 radical (unpaired) electrons. The largest absolute Gasteiger partial charge is 0.268 e. The van der Waals surface area contributed by atoms with Crippen LogP contribution in [0.15, 0.2) is 11.1 Å². The molecule has 0 atom stereocenters. The van der Waals surface area contributed by atoms with Crippen molar-refractivity contribution >= 4 is 58.6 Å². The van der Waals surface area contributed by atoms with E-state index in [0.717, 1.165) is 4.31 Å². The minimum atomic E-state index is -1.74. The summed E-state index contributed by atoms with van der Waals surface area (Å²) in [7, 11) is 0. The first-order valence-corrected chi connectivity index (χ1v) is 6.13. The van der Waals surface area contributed by atoms with Gasteiger partial charge in [0.2, 0.25) is 0 Å². The lowest BCUT2D eigenvalue weighted by molar-refractivity contribution is -0.131. The van der Waals surface area contributed by atoms with Crippen LogP contribution in [0, 0.1) is 11.8 Å². The highest BCUT2D eigenvalue weighted by molar-refractivity contribution is 8.03. The van der Waals surface area contributed by atoms with Gasteiger partial charge in [-0.15, -0.1) is 0 Å². The Kier molecular flexibility index (Phi) is 3.15. The summed E-state index contributed by atoms with van der Waals surface area (Å²) in [6.45, 7) is 0. The van der Waals surface area contributed by atoms with Gasteiger partial charge in [0.15, 0.2) is 0 Å². The molecule has 1 aliphatic carbocycles. The molecule has 2 amide bonds. The van der Waals surface area contributed by atoms with Gasteiger partial charge in [0.1, 0.15) is 0 Å². The van der Waals surface area contributed by atoms with E-state index in [-0.39, 0.29) is 12.8 Å². The van der Waals surface area contributed by atoms with Crippen molar-refractivity contribution in [3.63, 3.8) is 0 Å². The zero-order valence-corrected chi connectivity index (χ0v) is 10.8. The lowest BCUT2D eigenvalue weighted by atomic mass is 10.0. The lowest BCUT2D eigenvalue weighted by Crippen LogP contribution is -2.27. The van der Waals surface area contributed by atoms with Crippen LogP contribution < -0.4 is 0 Å². The molecule has 0 aromatic rings. The van der Waals surface area contributed by atoms with E-state index in [1.165, 1.54) is 0 Å². The van der Waals surface area contributed by atoms with Crippen molar-refractivity contribution in [2.75, 3.05) is 0 Å². The molecule has 84 valence electrons. The summed E-state index contributed by atoms with van der Waals surface area (Å²) >= 11 is 17.2. The number of carbonyl (C=O) groups excluding carboxylic acids is 2. The Morgan fingerprint density at radius 3 is 1.88 bits per heavy atom. The van der Waals surface area contributed by atoms with E-state index in [1.807, 2.05) is 0 Å². The highest BCUT2D eigenvalue weighted by Crippen LogP contribution is 2.44. The van der Waals surface area contributed by atoms with Crippen molar-refractivity contribution < 1.29 is 9.59 Å². The van der Waals surface area contributed by atoms with Gasteiger partial charge in [0.05, 0.1) is 0 Å². The van der Waals surface area contributed by atoms with Gasteiger partial charge >= 0.3 is 0 Å². The highest BCUT2D eigenvalue weighted by atomic mass is 35.6. The topological polar surface area (TPSA) is 37.4 Å². The molecule has 0 spiro atoms. The molecule has 1 aliphatic heterocycles. The maximum absolute atomic E-state index is 11.8. The zero-order valence-electron chi connectivity index (χ0n) is 7.72. The second kappa shape index (κ2) is 4.15. The average molecular weight is 297 g/mol. The molecule has 0 bridgehead atoms. The number of hydrogen-bond donors (Lipinski definition) is 0. The van der Waals surface area contributed by atoms with Crippen LogP contribution in [-0.4, -0.2) is 19.2 Å². The van der Waals surface area contributed by atoms with Crippen LogP contribution in [0.5, 0.6) is 0 Å². The van der Waals surface area contributed by atoms with E-state index < -0.39 is 14.9 Å². The van der Waals surface area contributed by atoms with Gasteiger partial charge < -0.3 is 0 Å². The maximum atomic E-state index is 11.8. The molecule has 0 fully saturated rings. The summed E-state index contributed by atoms with van der Waals surface area (Å²) in [4.78, 5) is 23.6. The number of halogens is 3. The minimum absolute atomic E-state index is 0.289. The molecule has 0 aromatic heterocycles. The third-order valence-electron chi connectivity index (χ3n) is 2.10. The van der Waals surface area contributed by atoms with Crippen molar-refractivity contribution in [1.82, 2.24) is 4.31 Å². The summed E-state index contributed by atoms with van der Waals surface area (Å²) in [6.07, 6.45) is 0.577. The lowest BCUT2D eigenvalue weighted by Gasteiger charge is -2.18. The number of hydrogen-bond acceptors (Lipinski definition) is 3. The summed E-state index contributed by atoms with van der Waals surface area (Å²) in [5, 5.41) is 0. The average Bonchev–Trinajstić information content (AvgIpc) is 2.43. The summed E-state index contributed by atoms with van der Waals surface area (Å²) in [6, 6.07) is 0. The normalized spacial score (nSPS) is 19.8. The van der Waals surface area contributed by atoms with Crippen LogP contribution >= 0.6 is 46.8 Å². The Bertz CT molecular complexity index is 437. The molecule has 2 rings (SSSR count). The van der Waals surface area contributed by atoms with Gasteiger partial charge in [0.25, 0.3) is 14.9 Å². The van der Waals surface area contributed by atoms with Gasteiger partial charge in [-0.25, -0.2) is 4.31 Å². The van der Waals surface area contributed by atoms with Crippen molar-refractivity contribution in [1.29, 1.82) is 0 Å². The predicted molar refractivity (Wildman–Crippen MR) is 63.8 cm³/mol. The number of amides is 2. The summed E-state index contributed by atoms with van der Waals surface area (Å²) < 4.78 is -0.854. The summed E-state index contributed by atoms with van der Waals surface area (Å²) in [5.41, 5.74) is 0.844. The molecule has 16 heavy (non-hydrogen) atoms.